The molecule has 0 aliphatic heterocycles. The van der Waals surface area contributed by atoms with Gasteiger partial charge < -0.3 is 0 Å². The molecule has 0 aliphatic rings. The van der Waals surface area contributed by atoms with Crippen LogP contribution < -0.4 is 0 Å². The number of rotatable bonds is 3. The number of carbonyl (C=O) groups excluding carboxylic acids is 1. The van der Waals surface area contributed by atoms with Crippen molar-refractivity contribution >= 4 is 5.78 Å². The fourth-order valence-electron chi connectivity index (χ4n) is 0.659. The van der Waals surface area contributed by atoms with Crippen molar-refractivity contribution in [1.82, 2.24) is 0 Å². The van der Waals surface area contributed by atoms with Crippen molar-refractivity contribution in [2.24, 2.45) is 0 Å². The molecule has 12 heavy (non-hydrogen) atoms. The fourth-order valence-corrected chi connectivity index (χ4v) is 0.659. The van der Waals surface area contributed by atoms with Crippen LogP contribution in [0.3, 0.4) is 0 Å². The van der Waals surface area contributed by atoms with Gasteiger partial charge in [-0.2, -0.15) is 13.2 Å². The van der Waals surface area contributed by atoms with Gasteiger partial charge in [-0.05, 0) is 19.9 Å². The van der Waals surface area contributed by atoms with E-state index in [9.17, 15) is 18.0 Å². The minimum atomic E-state index is -4.23. The maximum Gasteiger partial charge on any atom is 0.389 e. The fraction of sp³-hybridized carbons (Fsp3) is 0.625. The summed E-state index contributed by atoms with van der Waals surface area (Å²) in [6.07, 6.45) is -4.48. The Kier molecular flexibility index (Phi) is 4.00. The van der Waals surface area contributed by atoms with E-state index in [2.05, 4.69) is 0 Å². The molecular weight excluding hydrogens is 169 g/mol. The zero-order chi connectivity index (χ0) is 9.78. The zero-order valence-electron chi connectivity index (χ0n) is 7.03. The highest BCUT2D eigenvalue weighted by atomic mass is 19.4. The Morgan fingerprint density at radius 2 is 1.83 bits per heavy atom. The summed E-state index contributed by atoms with van der Waals surface area (Å²) in [6, 6.07) is 0. The summed E-state index contributed by atoms with van der Waals surface area (Å²) in [5, 5.41) is 0. The lowest BCUT2D eigenvalue weighted by molar-refractivity contribution is -0.141. The zero-order valence-corrected chi connectivity index (χ0v) is 7.03. The molecule has 0 unspecified atom stereocenters. The van der Waals surface area contributed by atoms with Gasteiger partial charge >= 0.3 is 6.18 Å². The van der Waals surface area contributed by atoms with Crippen LogP contribution in [0.4, 0.5) is 13.2 Å². The van der Waals surface area contributed by atoms with Crippen LogP contribution in [0.15, 0.2) is 11.6 Å². The summed E-state index contributed by atoms with van der Waals surface area (Å²) in [5.41, 5.74) is 0.724. The molecule has 0 aromatic rings. The highest BCUT2D eigenvalue weighted by Crippen LogP contribution is 2.21. The minimum absolute atomic E-state index is 0.450. The second-order valence-electron chi connectivity index (χ2n) is 2.80. The van der Waals surface area contributed by atoms with Crippen LogP contribution in [0, 0.1) is 0 Å². The first-order valence-electron chi connectivity index (χ1n) is 3.56. The third-order valence-corrected chi connectivity index (χ3v) is 1.10. The smallest absolute Gasteiger partial charge is 0.295 e. The molecular formula is C8H11F3O. The Hall–Kier alpha value is -0.800. The van der Waals surface area contributed by atoms with E-state index in [1.165, 1.54) is 6.08 Å². The van der Waals surface area contributed by atoms with E-state index in [1.807, 2.05) is 0 Å². The number of carbonyl (C=O) groups is 1. The molecule has 0 aliphatic carbocycles. The summed E-state index contributed by atoms with van der Waals surface area (Å²) in [5.74, 6) is -0.465. The van der Waals surface area contributed by atoms with E-state index in [0.717, 1.165) is 5.57 Å². The van der Waals surface area contributed by atoms with Gasteiger partial charge in [0.2, 0.25) is 0 Å². The molecule has 0 aromatic heterocycles. The average Bonchev–Trinajstić information content (AvgIpc) is 1.80. The quantitative estimate of drug-likeness (QED) is 0.610. The highest BCUT2D eigenvalue weighted by molar-refractivity contribution is 5.90. The number of hydrogen-bond donors (Lipinski definition) is 0. The van der Waals surface area contributed by atoms with E-state index < -0.39 is 24.8 Å². The van der Waals surface area contributed by atoms with E-state index in [4.69, 9.17) is 0 Å². The monoisotopic (exact) mass is 180 g/mol. The first kappa shape index (κ1) is 11.2. The third kappa shape index (κ3) is 7.31. The lowest BCUT2D eigenvalue weighted by Crippen LogP contribution is -2.09. The molecule has 0 rings (SSSR count). The van der Waals surface area contributed by atoms with Crippen LogP contribution in [-0.2, 0) is 4.79 Å². The summed E-state index contributed by atoms with van der Waals surface area (Å²) in [6.45, 7) is 3.34. The van der Waals surface area contributed by atoms with Crippen LogP contribution in [0.2, 0.25) is 0 Å². The van der Waals surface area contributed by atoms with Crippen molar-refractivity contribution in [3.8, 4) is 0 Å². The van der Waals surface area contributed by atoms with Crippen molar-refractivity contribution < 1.29 is 18.0 Å². The van der Waals surface area contributed by atoms with Crippen LogP contribution in [0.1, 0.15) is 26.7 Å². The molecule has 0 spiro atoms. The van der Waals surface area contributed by atoms with Gasteiger partial charge in [0.05, 0.1) is 6.42 Å². The number of ketones is 1. The lowest BCUT2D eigenvalue weighted by Gasteiger charge is -2.02. The predicted octanol–water partition coefficient (Wildman–Crippen LogP) is 2.86. The Morgan fingerprint density at radius 3 is 2.17 bits per heavy atom. The molecule has 4 heteroatoms. The summed E-state index contributed by atoms with van der Waals surface area (Å²) in [4.78, 5) is 10.7. The Morgan fingerprint density at radius 1 is 1.33 bits per heavy atom. The van der Waals surface area contributed by atoms with E-state index in [1.54, 1.807) is 13.8 Å². The first-order chi connectivity index (χ1) is 5.31. The molecule has 0 atom stereocenters. The van der Waals surface area contributed by atoms with Gasteiger partial charge in [-0.25, -0.2) is 0 Å². The maximum atomic E-state index is 11.6. The van der Waals surface area contributed by atoms with Gasteiger partial charge in [-0.1, -0.05) is 5.57 Å². The summed E-state index contributed by atoms with van der Waals surface area (Å²) < 4.78 is 34.7. The Balaban J connectivity index is 3.81. The second-order valence-corrected chi connectivity index (χ2v) is 2.80. The van der Waals surface area contributed by atoms with Gasteiger partial charge in [-0.15, -0.1) is 0 Å². The molecule has 1 nitrogen and oxygen atoms in total. The van der Waals surface area contributed by atoms with E-state index >= 15 is 0 Å². The summed E-state index contributed by atoms with van der Waals surface area (Å²) in [7, 11) is 0. The molecule has 0 heterocycles. The lowest BCUT2D eigenvalue weighted by atomic mass is 10.1. The normalized spacial score (nSPS) is 11.1. The summed E-state index contributed by atoms with van der Waals surface area (Å²) >= 11 is 0. The van der Waals surface area contributed by atoms with Gasteiger partial charge in [0.25, 0.3) is 0 Å². The number of allylic oxidation sites excluding steroid dienone is 2. The predicted molar refractivity (Wildman–Crippen MR) is 39.7 cm³/mol. The van der Waals surface area contributed by atoms with Crippen LogP contribution in [-0.4, -0.2) is 12.0 Å². The molecule has 0 amide bonds. The average molecular weight is 180 g/mol. The van der Waals surface area contributed by atoms with Gasteiger partial charge in [-0.3, -0.25) is 4.79 Å². The molecule has 0 fully saturated rings. The molecule has 70 valence electrons. The third-order valence-electron chi connectivity index (χ3n) is 1.10. The van der Waals surface area contributed by atoms with Crippen molar-refractivity contribution in [1.29, 1.82) is 0 Å². The minimum Gasteiger partial charge on any atom is -0.295 e. The SMILES string of the molecule is CC(C)=CC(=O)CCC(F)(F)F. The molecule has 0 radical (unpaired) electrons. The van der Waals surface area contributed by atoms with Crippen molar-refractivity contribution in [2.75, 3.05) is 0 Å². The molecule has 0 N–H and O–H groups in total. The topological polar surface area (TPSA) is 17.1 Å². The number of alkyl halides is 3. The van der Waals surface area contributed by atoms with Crippen LogP contribution >= 0.6 is 0 Å². The number of halogens is 3. The highest BCUT2D eigenvalue weighted by Gasteiger charge is 2.27. The standard InChI is InChI=1S/C8H11F3O/c1-6(2)5-7(12)3-4-8(9,10)11/h5H,3-4H2,1-2H3. The number of hydrogen-bond acceptors (Lipinski definition) is 1. The van der Waals surface area contributed by atoms with Crippen LogP contribution in [0.25, 0.3) is 0 Å². The van der Waals surface area contributed by atoms with Crippen LogP contribution in [0.5, 0.6) is 0 Å². The molecule has 0 bridgehead atoms. The first-order valence-corrected chi connectivity index (χ1v) is 3.56. The van der Waals surface area contributed by atoms with Gasteiger partial charge in [0, 0.05) is 6.42 Å². The van der Waals surface area contributed by atoms with Crippen molar-refractivity contribution in [3.63, 3.8) is 0 Å². The Bertz CT molecular complexity index is 187. The van der Waals surface area contributed by atoms with Crippen molar-refractivity contribution in [2.45, 2.75) is 32.9 Å². The molecule has 0 aromatic carbocycles. The van der Waals surface area contributed by atoms with E-state index in [0.29, 0.717) is 0 Å². The van der Waals surface area contributed by atoms with Crippen molar-refractivity contribution in [3.05, 3.63) is 11.6 Å². The largest absolute Gasteiger partial charge is 0.389 e. The molecule has 0 saturated carbocycles. The maximum absolute atomic E-state index is 11.6. The van der Waals surface area contributed by atoms with Gasteiger partial charge in [0.15, 0.2) is 5.78 Å². The van der Waals surface area contributed by atoms with E-state index in [-0.39, 0.29) is 0 Å². The molecule has 0 saturated heterocycles. The second kappa shape index (κ2) is 4.28. The van der Waals surface area contributed by atoms with Gasteiger partial charge in [0.1, 0.15) is 0 Å². The Labute approximate surface area is 69.3 Å².